The fourth-order valence-corrected chi connectivity index (χ4v) is 5.35. The molecule has 3 aromatic rings. The third-order valence-electron chi connectivity index (χ3n) is 5.22. The highest BCUT2D eigenvalue weighted by molar-refractivity contribution is 7.22. The molecule has 0 aliphatic carbocycles. The number of carbonyl (C=O) groups excluding carboxylic acids is 1. The van der Waals surface area contributed by atoms with Gasteiger partial charge in [0.2, 0.25) is 0 Å². The Balaban J connectivity index is 1.28. The van der Waals surface area contributed by atoms with Crippen molar-refractivity contribution in [1.82, 2.24) is 15.2 Å². The maximum Gasteiger partial charge on any atom is 0.252 e. The first-order chi connectivity index (χ1) is 14.4. The van der Waals surface area contributed by atoms with Crippen LogP contribution in [0.5, 0.6) is 0 Å². The van der Waals surface area contributed by atoms with Crippen molar-refractivity contribution in [2.75, 3.05) is 44.2 Å². The molecule has 1 saturated heterocycles. The zero-order valence-electron chi connectivity index (χ0n) is 16.4. The van der Waals surface area contributed by atoms with Gasteiger partial charge in [0.25, 0.3) is 5.91 Å². The molecule has 1 aliphatic rings. The lowest BCUT2D eigenvalue weighted by atomic mass is 10.2. The summed E-state index contributed by atoms with van der Waals surface area (Å²) in [6.45, 7) is 7.04. The smallest absolute Gasteiger partial charge is 0.252 e. The number of piperazine rings is 1. The Morgan fingerprint density at radius 1 is 1.10 bits per heavy atom. The van der Waals surface area contributed by atoms with E-state index in [4.69, 9.17) is 39.8 Å². The molecule has 0 unspecified atom stereocenters. The van der Waals surface area contributed by atoms with Crippen molar-refractivity contribution in [1.29, 1.82) is 0 Å². The van der Waals surface area contributed by atoms with Crippen LogP contribution in [0.3, 0.4) is 0 Å². The van der Waals surface area contributed by atoms with Crippen molar-refractivity contribution in [3.8, 4) is 0 Å². The Morgan fingerprint density at radius 3 is 2.57 bits per heavy atom. The minimum Gasteiger partial charge on any atom is -0.351 e. The first kappa shape index (κ1) is 21.7. The highest BCUT2D eigenvalue weighted by Gasteiger charge is 2.21. The molecule has 1 amide bonds. The van der Waals surface area contributed by atoms with Crippen molar-refractivity contribution < 1.29 is 4.79 Å². The molecule has 1 aromatic heterocycles. The second-order valence-electron chi connectivity index (χ2n) is 7.25. The second kappa shape index (κ2) is 9.28. The maximum absolute atomic E-state index is 12.3. The van der Waals surface area contributed by atoms with Gasteiger partial charge in [-0.1, -0.05) is 52.2 Å². The Morgan fingerprint density at radius 2 is 1.87 bits per heavy atom. The van der Waals surface area contributed by atoms with E-state index in [9.17, 15) is 4.79 Å². The number of anilines is 1. The highest BCUT2D eigenvalue weighted by atomic mass is 35.5. The summed E-state index contributed by atoms with van der Waals surface area (Å²) in [5, 5.41) is 5.59. The number of halogens is 3. The standard InChI is InChI=1S/C21H21Cl3N4OS/c1-13-2-5-16(23)19-18(13)26-21(30-19)28-10-8-27(9-11-28)7-6-25-20(29)15-4-3-14(22)12-17(15)24/h2-5,12H,6-11H2,1H3,(H,25,29). The van der Waals surface area contributed by atoms with E-state index in [-0.39, 0.29) is 5.91 Å². The molecule has 0 atom stereocenters. The van der Waals surface area contributed by atoms with Crippen LogP contribution < -0.4 is 10.2 Å². The van der Waals surface area contributed by atoms with E-state index in [1.807, 2.05) is 12.1 Å². The van der Waals surface area contributed by atoms with E-state index in [1.54, 1.807) is 29.5 Å². The highest BCUT2D eigenvalue weighted by Crippen LogP contribution is 2.35. The number of nitrogens with zero attached hydrogens (tertiary/aromatic N) is 3. The zero-order valence-corrected chi connectivity index (χ0v) is 19.5. The Hall–Kier alpha value is -1.57. The van der Waals surface area contributed by atoms with Gasteiger partial charge in [0.15, 0.2) is 5.13 Å². The molecule has 9 heteroatoms. The lowest BCUT2D eigenvalue weighted by molar-refractivity contribution is 0.0948. The number of aromatic nitrogens is 1. The molecule has 158 valence electrons. The van der Waals surface area contributed by atoms with Gasteiger partial charge in [0, 0.05) is 44.3 Å². The van der Waals surface area contributed by atoms with Crippen LogP contribution in [0.4, 0.5) is 5.13 Å². The van der Waals surface area contributed by atoms with Crippen LogP contribution in [0.25, 0.3) is 10.2 Å². The Labute approximate surface area is 194 Å². The van der Waals surface area contributed by atoms with Gasteiger partial charge in [-0.05, 0) is 36.8 Å². The summed E-state index contributed by atoms with van der Waals surface area (Å²) < 4.78 is 1.05. The molecule has 4 rings (SSSR count). The zero-order chi connectivity index (χ0) is 21.3. The SMILES string of the molecule is Cc1ccc(Cl)c2sc(N3CCN(CCNC(=O)c4ccc(Cl)cc4Cl)CC3)nc12. The number of fused-ring (bicyclic) bond motifs is 1. The molecule has 2 heterocycles. The lowest BCUT2D eigenvalue weighted by Gasteiger charge is -2.34. The molecule has 5 nitrogen and oxygen atoms in total. The Kier molecular flexibility index (Phi) is 6.70. The number of nitrogens with one attached hydrogen (secondary N) is 1. The third-order valence-corrected chi connectivity index (χ3v) is 7.34. The van der Waals surface area contributed by atoms with E-state index in [2.05, 4.69) is 22.0 Å². The quantitative estimate of drug-likeness (QED) is 0.547. The minimum absolute atomic E-state index is 0.183. The van der Waals surface area contributed by atoms with Crippen LogP contribution in [0.2, 0.25) is 15.1 Å². The van der Waals surface area contributed by atoms with Gasteiger partial charge in [0.05, 0.1) is 25.8 Å². The van der Waals surface area contributed by atoms with Gasteiger partial charge in [-0.3, -0.25) is 9.69 Å². The van der Waals surface area contributed by atoms with Gasteiger partial charge in [-0.15, -0.1) is 0 Å². The predicted octanol–water partition coefficient (Wildman–Crippen LogP) is 5.12. The molecule has 0 bridgehead atoms. The molecular formula is C21H21Cl3N4OS. The molecule has 1 N–H and O–H groups in total. The predicted molar refractivity (Wildman–Crippen MR) is 127 cm³/mol. The number of benzene rings is 2. The Bertz CT molecular complexity index is 1040. The van der Waals surface area contributed by atoms with Crippen molar-refractivity contribution >= 4 is 67.4 Å². The molecular weight excluding hydrogens is 463 g/mol. The number of rotatable bonds is 5. The van der Waals surface area contributed by atoms with Gasteiger partial charge in [0.1, 0.15) is 0 Å². The van der Waals surface area contributed by atoms with Crippen molar-refractivity contribution in [3.63, 3.8) is 0 Å². The molecule has 30 heavy (non-hydrogen) atoms. The number of aryl methyl sites for hydroxylation is 1. The second-order valence-corrected chi connectivity index (χ2v) is 9.48. The summed E-state index contributed by atoms with van der Waals surface area (Å²) in [7, 11) is 0. The number of amides is 1. The monoisotopic (exact) mass is 482 g/mol. The average molecular weight is 484 g/mol. The van der Waals surface area contributed by atoms with Gasteiger partial charge < -0.3 is 10.2 Å². The normalized spacial score (nSPS) is 15.0. The van der Waals surface area contributed by atoms with E-state index in [0.29, 0.717) is 22.2 Å². The summed E-state index contributed by atoms with van der Waals surface area (Å²) in [5.41, 5.74) is 2.58. The van der Waals surface area contributed by atoms with Crippen LogP contribution >= 0.6 is 46.1 Å². The summed E-state index contributed by atoms with van der Waals surface area (Å²) >= 11 is 20.0. The third kappa shape index (κ3) is 4.68. The van der Waals surface area contributed by atoms with Gasteiger partial charge >= 0.3 is 0 Å². The summed E-state index contributed by atoms with van der Waals surface area (Å²) in [6.07, 6.45) is 0. The summed E-state index contributed by atoms with van der Waals surface area (Å²) in [5.74, 6) is -0.183. The van der Waals surface area contributed by atoms with E-state index < -0.39 is 0 Å². The van der Waals surface area contributed by atoms with Gasteiger partial charge in [-0.2, -0.15) is 0 Å². The summed E-state index contributed by atoms with van der Waals surface area (Å²) in [4.78, 5) is 21.8. The summed E-state index contributed by atoms with van der Waals surface area (Å²) in [6, 6.07) is 8.83. The van der Waals surface area contributed by atoms with E-state index in [0.717, 1.165) is 58.7 Å². The van der Waals surface area contributed by atoms with Crippen LogP contribution in [0.1, 0.15) is 15.9 Å². The number of carbonyl (C=O) groups is 1. The fraction of sp³-hybridized carbons (Fsp3) is 0.333. The van der Waals surface area contributed by atoms with Crippen molar-refractivity contribution in [3.05, 3.63) is 56.5 Å². The largest absolute Gasteiger partial charge is 0.351 e. The molecule has 1 fully saturated rings. The molecule has 1 aliphatic heterocycles. The molecule has 0 radical (unpaired) electrons. The average Bonchev–Trinajstić information content (AvgIpc) is 3.18. The minimum atomic E-state index is -0.183. The lowest BCUT2D eigenvalue weighted by Crippen LogP contribution is -2.48. The van der Waals surface area contributed by atoms with Crippen LogP contribution in [-0.2, 0) is 0 Å². The molecule has 0 saturated carbocycles. The van der Waals surface area contributed by atoms with Crippen LogP contribution in [-0.4, -0.2) is 55.1 Å². The van der Waals surface area contributed by atoms with Gasteiger partial charge in [-0.25, -0.2) is 4.98 Å². The first-order valence-electron chi connectivity index (χ1n) is 9.68. The topological polar surface area (TPSA) is 48.5 Å². The van der Waals surface area contributed by atoms with Crippen molar-refractivity contribution in [2.45, 2.75) is 6.92 Å². The number of hydrogen-bond acceptors (Lipinski definition) is 5. The molecule has 2 aromatic carbocycles. The number of hydrogen-bond donors (Lipinski definition) is 1. The van der Waals surface area contributed by atoms with Crippen LogP contribution in [0, 0.1) is 6.92 Å². The van der Waals surface area contributed by atoms with Crippen LogP contribution in [0.15, 0.2) is 30.3 Å². The fourth-order valence-electron chi connectivity index (χ4n) is 3.49. The van der Waals surface area contributed by atoms with Crippen molar-refractivity contribution in [2.24, 2.45) is 0 Å². The maximum atomic E-state index is 12.3. The first-order valence-corrected chi connectivity index (χ1v) is 11.6. The molecule has 0 spiro atoms. The number of thiazole rings is 1. The van der Waals surface area contributed by atoms with E-state index >= 15 is 0 Å². The van der Waals surface area contributed by atoms with E-state index in [1.165, 1.54) is 0 Å².